The van der Waals surface area contributed by atoms with Crippen LogP contribution in [0, 0.1) is 0 Å². The SMILES string of the molecule is COCc1ccc2c(c1C(C)(C)N)OCCO2. The topological polar surface area (TPSA) is 53.7 Å². The van der Waals surface area contributed by atoms with Gasteiger partial charge >= 0.3 is 0 Å². The van der Waals surface area contributed by atoms with Crippen molar-refractivity contribution in [2.45, 2.75) is 26.0 Å². The van der Waals surface area contributed by atoms with Gasteiger partial charge in [-0.05, 0) is 25.5 Å². The van der Waals surface area contributed by atoms with Crippen molar-refractivity contribution < 1.29 is 14.2 Å². The van der Waals surface area contributed by atoms with Crippen molar-refractivity contribution >= 4 is 0 Å². The second kappa shape index (κ2) is 4.55. The maximum atomic E-state index is 6.22. The van der Waals surface area contributed by atoms with Crippen molar-refractivity contribution in [1.82, 2.24) is 0 Å². The molecule has 1 aromatic rings. The fraction of sp³-hybridized carbons (Fsp3) is 0.538. The molecule has 0 aliphatic carbocycles. The average molecular weight is 237 g/mol. The zero-order chi connectivity index (χ0) is 12.5. The van der Waals surface area contributed by atoms with Gasteiger partial charge in [0.25, 0.3) is 0 Å². The van der Waals surface area contributed by atoms with E-state index >= 15 is 0 Å². The molecule has 0 aromatic heterocycles. The monoisotopic (exact) mass is 237 g/mol. The summed E-state index contributed by atoms with van der Waals surface area (Å²) in [5.41, 5.74) is 7.75. The van der Waals surface area contributed by atoms with Gasteiger partial charge in [-0.25, -0.2) is 0 Å². The zero-order valence-corrected chi connectivity index (χ0v) is 10.6. The number of ether oxygens (including phenoxy) is 3. The highest BCUT2D eigenvalue weighted by Gasteiger charge is 2.28. The molecule has 0 unspecified atom stereocenters. The van der Waals surface area contributed by atoms with Crippen LogP contribution in [0.3, 0.4) is 0 Å². The van der Waals surface area contributed by atoms with Gasteiger partial charge in [-0.15, -0.1) is 0 Å². The first-order valence-corrected chi connectivity index (χ1v) is 5.74. The van der Waals surface area contributed by atoms with Gasteiger partial charge in [-0.2, -0.15) is 0 Å². The molecule has 1 heterocycles. The zero-order valence-electron chi connectivity index (χ0n) is 10.6. The Morgan fingerprint density at radius 2 is 2.00 bits per heavy atom. The van der Waals surface area contributed by atoms with Crippen molar-refractivity contribution in [3.63, 3.8) is 0 Å². The highest BCUT2D eigenvalue weighted by Crippen LogP contribution is 2.40. The molecule has 1 aliphatic rings. The van der Waals surface area contributed by atoms with E-state index < -0.39 is 5.54 Å². The Morgan fingerprint density at radius 1 is 1.29 bits per heavy atom. The van der Waals surface area contributed by atoms with Crippen LogP contribution >= 0.6 is 0 Å². The molecule has 0 saturated carbocycles. The van der Waals surface area contributed by atoms with E-state index in [1.54, 1.807) is 7.11 Å². The van der Waals surface area contributed by atoms with Crippen molar-refractivity contribution in [1.29, 1.82) is 0 Å². The fourth-order valence-corrected chi connectivity index (χ4v) is 2.14. The predicted molar refractivity (Wildman–Crippen MR) is 65.4 cm³/mol. The summed E-state index contributed by atoms with van der Waals surface area (Å²) in [5, 5.41) is 0. The molecule has 2 N–H and O–H groups in total. The summed E-state index contributed by atoms with van der Waals surface area (Å²) >= 11 is 0. The summed E-state index contributed by atoms with van der Waals surface area (Å²) in [6.45, 7) is 5.58. The molecule has 1 aliphatic heterocycles. The Hall–Kier alpha value is -1.26. The summed E-state index contributed by atoms with van der Waals surface area (Å²) in [5.74, 6) is 1.53. The average Bonchev–Trinajstić information content (AvgIpc) is 2.27. The van der Waals surface area contributed by atoms with Gasteiger partial charge in [-0.3, -0.25) is 0 Å². The summed E-state index contributed by atoms with van der Waals surface area (Å²) in [6.07, 6.45) is 0. The Bertz CT molecular complexity index is 410. The summed E-state index contributed by atoms with van der Waals surface area (Å²) in [7, 11) is 1.67. The van der Waals surface area contributed by atoms with Gasteiger partial charge in [-0.1, -0.05) is 6.07 Å². The van der Waals surface area contributed by atoms with Gasteiger partial charge in [0.05, 0.1) is 6.61 Å². The van der Waals surface area contributed by atoms with Crippen molar-refractivity contribution in [2.75, 3.05) is 20.3 Å². The van der Waals surface area contributed by atoms with Gasteiger partial charge in [0.1, 0.15) is 13.2 Å². The molecule has 17 heavy (non-hydrogen) atoms. The molecule has 1 aromatic carbocycles. The van der Waals surface area contributed by atoms with Crippen LogP contribution in [0.15, 0.2) is 12.1 Å². The smallest absolute Gasteiger partial charge is 0.166 e. The lowest BCUT2D eigenvalue weighted by molar-refractivity contribution is 0.162. The van der Waals surface area contributed by atoms with E-state index in [4.69, 9.17) is 19.9 Å². The maximum Gasteiger partial charge on any atom is 0.166 e. The summed E-state index contributed by atoms with van der Waals surface area (Å²) in [4.78, 5) is 0. The Kier molecular flexibility index (Phi) is 3.26. The first kappa shape index (κ1) is 12.2. The van der Waals surface area contributed by atoms with E-state index in [2.05, 4.69) is 0 Å². The lowest BCUT2D eigenvalue weighted by atomic mass is 9.89. The molecule has 4 heteroatoms. The van der Waals surface area contributed by atoms with E-state index in [1.807, 2.05) is 26.0 Å². The minimum absolute atomic E-state index is 0.486. The minimum Gasteiger partial charge on any atom is -0.486 e. The van der Waals surface area contributed by atoms with E-state index in [0.29, 0.717) is 19.8 Å². The number of hydrogen-bond donors (Lipinski definition) is 1. The standard InChI is InChI=1S/C13H19NO3/c1-13(2,14)11-9(8-15-3)4-5-10-12(11)17-7-6-16-10/h4-5H,6-8,14H2,1-3H3. The molecule has 0 saturated heterocycles. The van der Waals surface area contributed by atoms with Crippen LogP contribution in [0.1, 0.15) is 25.0 Å². The predicted octanol–water partition coefficient (Wildman–Crippen LogP) is 1.80. The molecular formula is C13H19NO3. The third kappa shape index (κ3) is 2.37. The molecule has 0 radical (unpaired) electrons. The Morgan fingerprint density at radius 3 is 2.65 bits per heavy atom. The van der Waals surface area contributed by atoms with Gasteiger partial charge in [0.2, 0.25) is 0 Å². The molecule has 0 bridgehead atoms. The number of rotatable bonds is 3. The van der Waals surface area contributed by atoms with Gasteiger partial charge in [0, 0.05) is 18.2 Å². The first-order valence-electron chi connectivity index (χ1n) is 5.74. The number of nitrogens with two attached hydrogens (primary N) is 1. The molecule has 0 fully saturated rings. The van der Waals surface area contributed by atoms with Crippen molar-refractivity contribution in [3.05, 3.63) is 23.3 Å². The van der Waals surface area contributed by atoms with Gasteiger partial charge in [0.15, 0.2) is 11.5 Å². The number of methoxy groups -OCH3 is 1. The summed E-state index contributed by atoms with van der Waals surface area (Å²) < 4.78 is 16.5. The molecule has 94 valence electrons. The molecule has 2 rings (SSSR count). The molecule has 4 nitrogen and oxygen atoms in total. The third-order valence-electron chi connectivity index (χ3n) is 2.74. The second-order valence-electron chi connectivity index (χ2n) is 4.78. The quantitative estimate of drug-likeness (QED) is 0.871. The highest BCUT2D eigenvalue weighted by atomic mass is 16.6. The van der Waals surface area contributed by atoms with Crippen LogP contribution in [0.5, 0.6) is 11.5 Å². The van der Waals surface area contributed by atoms with Crippen LogP contribution in [-0.2, 0) is 16.9 Å². The Balaban J connectivity index is 2.55. The molecular weight excluding hydrogens is 218 g/mol. The number of hydrogen-bond acceptors (Lipinski definition) is 4. The van der Waals surface area contributed by atoms with Gasteiger partial charge < -0.3 is 19.9 Å². The molecule has 0 amide bonds. The van der Waals surface area contributed by atoms with Crippen LogP contribution in [-0.4, -0.2) is 20.3 Å². The van der Waals surface area contributed by atoms with Crippen LogP contribution in [0.2, 0.25) is 0 Å². The number of benzene rings is 1. The van der Waals surface area contributed by atoms with Crippen LogP contribution < -0.4 is 15.2 Å². The fourth-order valence-electron chi connectivity index (χ4n) is 2.14. The van der Waals surface area contributed by atoms with E-state index in [9.17, 15) is 0 Å². The lowest BCUT2D eigenvalue weighted by Crippen LogP contribution is -2.32. The minimum atomic E-state index is -0.486. The number of fused-ring (bicyclic) bond motifs is 1. The summed E-state index contributed by atoms with van der Waals surface area (Å²) in [6, 6.07) is 3.90. The normalized spacial score (nSPS) is 14.8. The highest BCUT2D eigenvalue weighted by molar-refractivity contribution is 5.54. The largest absolute Gasteiger partial charge is 0.486 e. The van der Waals surface area contributed by atoms with E-state index in [-0.39, 0.29) is 0 Å². The maximum absolute atomic E-state index is 6.22. The molecule has 0 atom stereocenters. The van der Waals surface area contributed by atoms with Crippen molar-refractivity contribution in [2.24, 2.45) is 5.73 Å². The third-order valence-corrected chi connectivity index (χ3v) is 2.74. The van der Waals surface area contributed by atoms with Crippen molar-refractivity contribution in [3.8, 4) is 11.5 Å². The Labute approximate surface area is 102 Å². The second-order valence-corrected chi connectivity index (χ2v) is 4.78. The molecule has 0 spiro atoms. The van der Waals surface area contributed by atoms with E-state index in [1.165, 1.54) is 0 Å². The first-order chi connectivity index (χ1) is 8.04. The van der Waals surface area contributed by atoms with E-state index in [0.717, 1.165) is 22.6 Å². The van der Waals surface area contributed by atoms with Crippen LogP contribution in [0.25, 0.3) is 0 Å². The van der Waals surface area contributed by atoms with Crippen LogP contribution in [0.4, 0.5) is 0 Å². The lowest BCUT2D eigenvalue weighted by Gasteiger charge is -2.29.